The molecule has 0 heterocycles. The summed E-state index contributed by atoms with van der Waals surface area (Å²) in [7, 11) is 0. The average molecular weight is 477 g/mol. The molecule has 0 saturated heterocycles. The first-order valence-electron chi connectivity index (χ1n) is 9.47. The molecule has 3 nitrogen and oxygen atoms in total. The average Bonchev–Trinajstić information content (AvgIpc) is 2.69. The van der Waals surface area contributed by atoms with Gasteiger partial charge < -0.3 is 14.2 Å². The molecule has 0 aliphatic rings. The fourth-order valence-electron chi connectivity index (χ4n) is 2.89. The second-order valence-corrected chi connectivity index (χ2v) is 8.43. The van der Waals surface area contributed by atoms with Crippen LogP contribution in [0.2, 0.25) is 0 Å². The van der Waals surface area contributed by atoms with Gasteiger partial charge >= 0.3 is 5.02 Å². The highest BCUT2D eigenvalue weighted by Crippen LogP contribution is 2.30. The van der Waals surface area contributed by atoms with Gasteiger partial charge in [-0.3, -0.25) is 0 Å². The van der Waals surface area contributed by atoms with E-state index < -0.39 is 5.02 Å². The molecule has 0 unspecified atom stereocenters. The monoisotopic (exact) mass is 476 g/mol. The molecule has 0 aliphatic heterocycles. The van der Waals surface area contributed by atoms with E-state index in [0.717, 1.165) is 22.6 Å². The summed E-state index contributed by atoms with van der Waals surface area (Å²) in [4.78, 5) is 0. The van der Waals surface area contributed by atoms with Crippen LogP contribution in [0.1, 0.15) is 25.0 Å². The van der Waals surface area contributed by atoms with Crippen molar-refractivity contribution in [2.24, 2.45) is 0 Å². The van der Waals surface area contributed by atoms with Crippen molar-refractivity contribution < 1.29 is 23.0 Å². The predicted octanol–water partition coefficient (Wildman–Crippen LogP) is 7.30. The highest BCUT2D eigenvalue weighted by molar-refractivity contribution is 9.09. The van der Waals surface area contributed by atoms with Gasteiger partial charge in [0.05, 0.1) is 13.2 Å². The molecule has 0 N–H and O–H groups in total. The first kappa shape index (κ1) is 22.2. The third-order valence-electron chi connectivity index (χ3n) is 4.50. The van der Waals surface area contributed by atoms with Crippen molar-refractivity contribution in [3.63, 3.8) is 0 Å². The summed E-state index contributed by atoms with van der Waals surface area (Å²) in [6.45, 7) is 5.02. The number of rotatable bonds is 9. The van der Waals surface area contributed by atoms with Gasteiger partial charge in [-0.15, -0.1) is 0 Å². The van der Waals surface area contributed by atoms with E-state index in [2.05, 4.69) is 20.7 Å². The van der Waals surface area contributed by atoms with Crippen molar-refractivity contribution in [1.29, 1.82) is 0 Å². The first-order valence-corrected chi connectivity index (χ1v) is 10.3. The predicted molar refractivity (Wildman–Crippen MR) is 117 cm³/mol. The Kier molecular flexibility index (Phi) is 7.10. The van der Waals surface area contributed by atoms with Crippen molar-refractivity contribution in [2.75, 3.05) is 6.61 Å². The Bertz CT molecular complexity index is 921. The number of ether oxygens (including phenoxy) is 3. The molecule has 0 bridgehead atoms. The molecule has 0 saturated carbocycles. The van der Waals surface area contributed by atoms with Crippen LogP contribution in [0.4, 0.5) is 8.78 Å². The first-order chi connectivity index (χ1) is 14.2. The molecule has 0 radical (unpaired) electrons. The van der Waals surface area contributed by atoms with Gasteiger partial charge in [0.1, 0.15) is 17.2 Å². The minimum Gasteiger partial charge on any atom is -0.457 e. The summed E-state index contributed by atoms with van der Waals surface area (Å²) in [6.07, 6.45) is 0. The van der Waals surface area contributed by atoms with Gasteiger partial charge in [0.2, 0.25) is 0 Å². The Labute approximate surface area is 183 Å². The summed E-state index contributed by atoms with van der Waals surface area (Å²) in [5.41, 5.74) is 1.72. The SMILES string of the molecule is CC(C)(COCc1ccc(Oc2ccccc2)cc1)c1ccc(OC(F)(F)Br)cc1. The van der Waals surface area contributed by atoms with Crippen LogP contribution in [-0.2, 0) is 16.8 Å². The molecule has 3 aromatic carbocycles. The van der Waals surface area contributed by atoms with E-state index in [4.69, 9.17) is 9.47 Å². The molecule has 6 heteroatoms. The van der Waals surface area contributed by atoms with Crippen molar-refractivity contribution >= 4 is 15.9 Å². The number of alkyl halides is 3. The Morgan fingerprint density at radius 3 is 1.93 bits per heavy atom. The summed E-state index contributed by atoms with van der Waals surface area (Å²) in [5.74, 6) is 1.65. The number of benzene rings is 3. The lowest BCUT2D eigenvalue weighted by Gasteiger charge is -2.25. The van der Waals surface area contributed by atoms with E-state index in [1.165, 1.54) is 12.1 Å². The molecular weight excluding hydrogens is 454 g/mol. The van der Waals surface area contributed by atoms with Crippen LogP contribution in [0.5, 0.6) is 17.2 Å². The Morgan fingerprint density at radius 1 is 0.767 bits per heavy atom. The van der Waals surface area contributed by atoms with E-state index in [-0.39, 0.29) is 11.2 Å². The molecule has 0 aliphatic carbocycles. The Hall–Kier alpha value is -2.44. The smallest absolute Gasteiger partial charge is 0.457 e. The van der Waals surface area contributed by atoms with E-state index in [9.17, 15) is 8.78 Å². The van der Waals surface area contributed by atoms with Crippen LogP contribution in [-0.4, -0.2) is 11.6 Å². The van der Waals surface area contributed by atoms with Crippen molar-refractivity contribution in [1.82, 2.24) is 0 Å². The summed E-state index contributed by atoms with van der Waals surface area (Å²) >= 11 is 2.17. The summed E-state index contributed by atoms with van der Waals surface area (Å²) < 4.78 is 41.9. The number of para-hydroxylation sites is 1. The second kappa shape index (κ2) is 9.58. The van der Waals surface area contributed by atoms with Crippen molar-refractivity contribution in [2.45, 2.75) is 30.9 Å². The third kappa shape index (κ3) is 6.82. The van der Waals surface area contributed by atoms with Crippen LogP contribution >= 0.6 is 15.9 Å². The zero-order valence-electron chi connectivity index (χ0n) is 16.8. The third-order valence-corrected chi connectivity index (χ3v) is 4.67. The van der Waals surface area contributed by atoms with Crippen LogP contribution in [0, 0.1) is 0 Å². The molecule has 3 aromatic rings. The maximum atomic E-state index is 12.9. The standard InChI is InChI=1S/C24H23BrF2O3/c1-23(2,19-10-14-22(15-11-19)30-24(25,26)27)17-28-16-18-8-12-21(13-9-18)29-20-6-4-3-5-7-20/h3-15H,16-17H2,1-2H3. The van der Waals surface area contributed by atoms with Gasteiger partial charge in [0.15, 0.2) is 0 Å². The largest absolute Gasteiger partial charge is 0.459 e. The van der Waals surface area contributed by atoms with Gasteiger partial charge in [0.25, 0.3) is 0 Å². The molecule has 3 rings (SSSR count). The minimum atomic E-state index is -3.38. The normalized spacial score (nSPS) is 11.9. The zero-order valence-corrected chi connectivity index (χ0v) is 18.4. The topological polar surface area (TPSA) is 27.7 Å². The molecule has 30 heavy (non-hydrogen) atoms. The fourth-order valence-corrected chi connectivity index (χ4v) is 3.08. The Balaban J connectivity index is 1.51. The summed E-state index contributed by atoms with van der Waals surface area (Å²) in [6, 6.07) is 24.0. The molecule has 0 fully saturated rings. The maximum Gasteiger partial charge on any atom is 0.459 e. The van der Waals surface area contributed by atoms with E-state index in [1.54, 1.807) is 12.1 Å². The number of hydrogen-bond donors (Lipinski definition) is 0. The van der Waals surface area contributed by atoms with Crippen LogP contribution in [0.15, 0.2) is 78.9 Å². The van der Waals surface area contributed by atoms with Crippen LogP contribution in [0.3, 0.4) is 0 Å². The van der Waals surface area contributed by atoms with E-state index in [1.807, 2.05) is 68.4 Å². The van der Waals surface area contributed by atoms with Gasteiger partial charge in [0, 0.05) is 21.3 Å². The molecular formula is C24H23BrF2O3. The lowest BCUT2D eigenvalue weighted by Crippen LogP contribution is -2.24. The zero-order chi connectivity index (χ0) is 21.6. The van der Waals surface area contributed by atoms with Crippen LogP contribution < -0.4 is 9.47 Å². The summed E-state index contributed by atoms with van der Waals surface area (Å²) in [5, 5.41) is -3.38. The maximum absolute atomic E-state index is 12.9. The minimum absolute atomic E-state index is 0.0927. The van der Waals surface area contributed by atoms with Gasteiger partial charge in [-0.05, 0) is 47.5 Å². The molecule has 0 amide bonds. The van der Waals surface area contributed by atoms with Crippen molar-refractivity contribution in [3.05, 3.63) is 90.0 Å². The van der Waals surface area contributed by atoms with E-state index >= 15 is 0 Å². The Morgan fingerprint density at radius 2 is 1.33 bits per heavy atom. The fraction of sp³-hybridized carbons (Fsp3) is 0.250. The lowest BCUT2D eigenvalue weighted by atomic mass is 9.85. The van der Waals surface area contributed by atoms with Crippen molar-refractivity contribution in [3.8, 4) is 17.2 Å². The second-order valence-electron chi connectivity index (χ2n) is 7.51. The molecule has 0 aromatic heterocycles. The van der Waals surface area contributed by atoms with Gasteiger partial charge in [-0.2, -0.15) is 8.78 Å². The highest BCUT2D eigenvalue weighted by atomic mass is 79.9. The molecule has 0 atom stereocenters. The molecule has 158 valence electrons. The number of halogens is 3. The highest BCUT2D eigenvalue weighted by Gasteiger charge is 2.27. The lowest BCUT2D eigenvalue weighted by molar-refractivity contribution is -0.0803. The van der Waals surface area contributed by atoms with Gasteiger partial charge in [-0.25, -0.2) is 0 Å². The van der Waals surface area contributed by atoms with Crippen LogP contribution in [0.25, 0.3) is 0 Å². The molecule has 0 spiro atoms. The quantitative estimate of drug-likeness (QED) is 0.303. The van der Waals surface area contributed by atoms with Gasteiger partial charge in [-0.1, -0.05) is 56.3 Å². The number of hydrogen-bond acceptors (Lipinski definition) is 3. The van der Waals surface area contributed by atoms with E-state index in [0.29, 0.717) is 13.2 Å².